The lowest BCUT2D eigenvalue weighted by Crippen LogP contribution is -2.36. The van der Waals surface area contributed by atoms with Crippen molar-refractivity contribution in [2.75, 3.05) is 6.54 Å². The average molecular weight is 364 g/mol. The first kappa shape index (κ1) is 19.4. The lowest BCUT2D eigenvalue weighted by atomic mass is 10.0. The fourth-order valence-electron chi connectivity index (χ4n) is 2.57. The minimum Gasteiger partial charge on any atom is -0.207 e. The van der Waals surface area contributed by atoms with Gasteiger partial charge in [0.2, 0.25) is 10.0 Å². The summed E-state index contributed by atoms with van der Waals surface area (Å²) < 4.78 is 27.8. The first-order valence-corrected chi connectivity index (χ1v) is 9.44. The summed E-state index contributed by atoms with van der Waals surface area (Å²) in [6.45, 7) is 7.49. The first-order valence-electron chi connectivity index (χ1n) is 8.00. The van der Waals surface area contributed by atoms with Crippen molar-refractivity contribution < 1.29 is 8.42 Å². The van der Waals surface area contributed by atoms with Crippen molar-refractivity contribution in [3.63, 3.8) is 0 Å². The number of sulfonamides is 1. The highest BCUT2D eigenvalue weighted by molar-refractivity contribution is 7.89. The van der Waals surface area contributed by atoms with E-state index in [-0.39, 0.29) is 17.0 Å². The lowest BCUT2D eigenvalue weighted by molar-refractivity contribution is 0.390. The van der Waals surface area contributed by atoms with Gasteiger partial charge in [0.25, 0.3) is 0 Å². The summed E-state index contributed by atoms with van der Waals surface area (Å²) in [6.07, 6.45) is 4.93. The molecule has 0 aliphatic rings. The number of benzene rings is 2. The minimum atomic E-state index is -3.85. The number of nitriles is 1. The van der Waals surface area contributed by atoms with Crippen LogP contribution in [-0.2, 0) is 10.0 Å². The Balaban J connectivity index is 2.61. The van der Waals surface area contributed by atoms with Crippen molar-refractivity contribution in [3.05, 3.63) is 103 Å². The molecule has 0 amide bonds. The highest BCUT2D eigenvalue weighted by Gasteiger charge is 2.33. The summed E-state index contributed by atoms with van der Waals surface area (Å²) in [7, 11) is -3.85. The maximum atomic E-state index is 13.3. The van der Waals surface area contributed by atoms with Crippen LogP contribution >= 0.6 is 0 Å². The second kappa shape index (κ2) is 8.95. The molecule has 26 heavy (non-hydrogen) atoms. The molecule has 0 aliphatic heterocycles. The van der Waals surface area contributed by atoms with Crippen molar-refractivity contribution in [1.29, 1.82) is 5.26 Å². The number of nitrogens with zero attached hydrogens (tertiary/aromatic N) is 2. The minimum absolute atomic E-state index is 0.0868. The Labute approximate surface area is 155 Å². The Kier molecular flexibility index (Phi) is 6.67. The van der Waals surface area contributed by atoms with E-state index in [0.29, 0.717) is 5.56 Å². The third-order valence-corrected chi connectivity index (χ3v) is 5.63. The number of allylic oxidation sites excluding steroid dienone is 2. The molecule has 2 rings (SSSR count). The third kappa shape index (κ3) is 4.37. The van der Waals surface area contributed by atoms with E-state index in [4.69, 9.17) is 0 Å². The monoisotopic (exact) mass is 364 g/mol. The topological polar surface area (TPSA) is 61.2 Å². The van der Waals surface area contributed by atoms with Gasteiger partial charge in [-0.25, -0.2) is 8.42 Å². The smallest absolute Gasteiger partial charge is 0.207 e. The van der Waals surface area contributed by atoms with Crippen LogP contribution in [0.1, 0.15) is 11.6 Å². The van der Waals surface area contributed by atoms with Gasteiger partial charge in [-0.15, -0.1) is 0 Å². The normalized spacial score (nSPS) is 12.6. The van der Waals surface area contributed by atoms with E-state index in [1.165, 1.54) is 16.4 Å². The van der Waals surface area contributed by atoms with Gasteiger partial charge in [-0.1, -0.05) is 79.9 Å². The molecule has 1 unspecified atom stereocenters. The Bertz CT molecular complexity index is 927. The van der Waals surface area contributed by atoms with Crippen molar-refractivity contribution in [3.8, 4) is 6.07 Å². The summed E-state index contributed by atoms with van der Waals surface area (Å²) in [5.41, 5.74) is 0.841. The molecule has 0 spiro atoms. The fourth-order valence-corrected chi connectivity index (χ4v) is 4.15. The zero-order valence-corrected chi connectivity index (χ0v) is 15.1. The van der Waals surface area contributed by atoms with E-state index >= 15 is 0 Å². The Morgan fingerprint density at radius 3 is 2.23 bits per heavy atom. The van der Waals surface area contributed by atoms with Crippen molar-refractivity contribution in [2.24, 2.45) is 0 Å². The molecule has 2 aromatic carbocycles. The quantitative estimate of drug-likeness (QED) is 0.520. The van der Waals surface area contributed by atoms with E-state index in [2.05, 4.69) is 13.2 Å². The van der Waals surface area contributed by atoms with Gasteiger partial charge in [-0.3, -0.25) is 0 Å². The average Bonchev–Trinajstić information content (AvgIpc) is 2.68. The van der Waals surface area contributed by atoms with Gasteiger partial charge in [0, 0.05) is 12.1 Å². The van der Waals surface area contributed by atoms with E-state index in [9.17, 15) is 13.7 Å². The molecule has 0 radical (unpaired) electrons. The molecule has 0 heterocycles. The highest BCUT2D eigenvalue weighted by atomic mass is 32.2. The molecule has 0 saturated heterocycles. The van der Waals surface area contributed by atoms with E-state index in [1.807, 2.05) is 12.1 Å². The standard InChI is InChI=1S/C21H20N2O2S/c1-3-4-11-16-23(26(24,25)20-14-9-6-10-15-20)21(18(2)17-22)19-12-7-5-8-13-19/h3-15,21H,1-2,16H2/b11-4+. The van der Waals surface area contributed by atoms with E-state index in [1.54, 1.807) is 60.7 Å². The second-order valence-electron chi connectivity index (χ2n) is 5.50. The summed E-state index contributed by atoms with van der Waals surface area (Å²) in [5, 5.41) is 9.42. The first-order chi connectivity index (χ1) is 12.5. The SMILES string of the molecule is C=C/C=C/CN(C(C(=C)C#N)c1ccccc1)S(=O)(=O)c1ccccc1. The van der Waals surface area contributed by atoms with Gasteiger partial charge in [0.05, 0.1) is 17.0 Å². The summed E-state index contributed by atoms with van der Waals surface area (Å²) in [4.78, 5) is 0.165. The lowest BCUT2D eigenvalue weighted by Gasteiger charge is -2.30. The van der Waals surface area contributed by atoms with Crippen LogP contribution in [0.4, 0.5) is 0 Å². The van der Waals surface area contributed by atoms with Crippen molar-refractivity contribution >= 4 is 10.0 Å². The predicted octanol–water partition coefficient (Wildman–Crippen LogP) is 4.24. The number of hydrogen-bond acceptors (Lipinski definition) is 3. The molecular formula is C21H20N2O2S. The maximum Gasteiger partial charge on any atom is 0.244 e. The molecule has 0 aliphatic carbocycles. The van der Waals surface area contributed by atoms with Crippen LogP contribution < -0.4 is 0 Å². The molecule has 2 aromatic rings. The van der Waals surface area contributed by atoms with Gasteiger partial charge in [0.15, 0.2) is 0 Å². The zero-order valence-electron chi connectivity index (χ0n) is 14.3. The largest absolute Gasteiger partial charge is 0.244 e. The molecule has 1 atom stereocenters. The van der Waals surface area contributed by atoms with Crippen LogP contribution in [0.25, 0.3) is 0 Å². The Morgan fingerprint density at radius 2 is 1.69 bits per heavy atom. The number of hydrogen-bond donors (Lipinski definition) is 0. The Morgan fingerprint density at radius 1 is 1.12 bits per heavy atom. The van der Waals surface area contributed by atoms with E-state index < -0.39 is 16.1 Å². The molecule has 0 N–H and O–H groups in total. The molecule has 0 aromatic heterocycles. The molecule has 132 valence electrons. The van der Waals surface area contributed by atoms with Crippen LogP contribution in [0.5, 0.6) is 0 Å². The van der Waals surface area contributed by atoms with Crippen LogP contribution in [-0.4, -0.2) is 19.3 Å². The summed E-state index contributed by atoms with van der Waals surface area (Å²) >= 11 is 0. The van der Waals surface area contributed by atoms with Gasteiger partial charge in [0.1, 0.15) is 0 Å². The summed E-state index contributed by atoms with van der Waals surface area (Å²) in [6, 6.07) is 18.4. The van der Waals surface area contributed by atoms with Crippen molar-refractivity contribution in [2.45, 2.75) is 10.9 Å². The Hall–Kier alpha value is -2.94. The predicted molar refractivity (Wildman–Crippen MR) is 104 cm³/mol. The highest BCUT2D eigenvalue weighted by Crippen LogP contribution is 2.32. The van der Waals surface area contributed by atoms with Crippen LogP contribution in [0.3, 0.4) is 0 Å². The zero-order chi connectivity index (χ0) is 19.0. The fraction of sp³-hybridized carbons (Fsp3) is 0.0952. The van der Waals surface area contributed by atoms with E-state index in [0.717, 1.165) is 0 Å². The molecule has 4 nitrogen and oxygen atoms in total. The molecule has 5 heteroatoms. The third-order valence-electron chi connectivity index (χ3n) is 3.78. The summed E-state index contributed by atoms with van der Waals surface area (Å²) in [5.74, 6) is 0. The van der Waals surface area contributed by atoms with Gasteiger partial charge in [-0.2, -0.15) is 9.57 Å². The van der Waals surface area contributed by atoms with Crippen LogP contribution in [0.2, 0.25) is 0 Å². The second-order valence-corrected chi connectivity index (χ2v) is 7.39. The molecule has 0 fully saturated rings. The van der Waals surface area contributed by atoms with Gasteiger partial charge < -0.3 is 0 Å². The molecule has 0 saturated carbocycles. The molecular weight excluding hydrogens is 344 g/mol. The van der Waals surface area contributed by atoms with Crippen molar-refractivity contribution in [1.82, 2.24) is 4.31 Å². The molecule has 0 bridgehead atoms. The maximum absolute atomic E-state index is 13.3. The van der Waals surface area contributed by atoms with Crippen LogP contribution in [0, 0.1) is 11.3 Å². The van der Waals surface area contributed by atoms with Crippen LogP contribution in [0.15, 0.2) is 103 Å². The van der Waals surface area contributed by atoms with Gasteiger partial charge >= 0.3 is 0 Å². The number of rotatable bonds is 8. The van der Waals surface area contributed by atoms with Gasteiger partial charge in [-0.05, 0) is 17.7 Å².